The smallest absolute Gasteiger partial charge is 0.159 e. The van der Waals surface area contributed by atoms with E-state index in [4.69, 9.17) is 4.42 Å². The fourth-order valence-corrected chi connectivity index (χ4v) is 11.5. The molecule has 68 heavy (non-hydrogen) atoms. The molecule has 0 atom stereocenters. The molecule has 2 heterocycles. The van der Waals surface area contributed by atoms with Gasteiger partial charge in [0.15, 0.2) is 5.58 Å². The van der Waals surface area contributed by atoms with E-state index in [0.717, 1.165) is 61.0 Å². The third-order valence-corrected chi connectivity index (χ3v) is 14.5. The van der Waals surface area contributed by atoms with Gasteiger partial charge in [-0.25, -0.2) is 0 Å². The third kappa shape index (κ3) is 5.60. The van der Waals surface area contributed by atoms with Gasteiger partial charge in [0, 0.05) is 44.0 Å². The molecule has 1 aliphatic carbocycles. The number of furan rings is 1. The molecule has 2 aromatic heterocycles. The van der Waals surface area contributed by atoms with Crippen LogP contribution in [0.1, 0.15) is 22.3 Å². The molecule has 0 saturated carbocycles. The zero-order valence-corrected chi connectivity index (χ0v) is 37.1. The molecule has 1 aliphatic rings. The highest BCUT2D eigenvalue weighted by atomic mass is 16.3. The highest BCUT2D eigenvalue weighted by molar-refractivity contribution is 6.17. The van der Waals surface area contributed by atoms with E-state index in [1.54, 1.807) is 0 Å². The van der Waals surface area contributed by atoms with Crippen molar-refractivity contribution in [2.75, 3.05) is 4.90 Å². The van der Waals surface area contributed by atoms with Crippen molar-refractivity contribution in [1.82, 2.24) is 4.57 Å². The van der Waals surface area contributed by atoms with Crippen LogP contribution in [0.15, 0.2) is 259 Å². The van der Waals surface area contributed by atoms with Crippen LogP contribution in [0.2, 0.25) is 0 Å². The highest BCUT2D eigenvalue weighted by Crippen LogP contribution is 2.57. The molecule has 11 aromatic carbocycles. The Bertz CT molecular complexity index is 4030. The van der Waals surface area contributed by atoms with E-state index in [1.165, 1.54) is 60.8 Å². The largest absolute Gasteiger partial charge is 0.453 e. The van der Waals surface area contributed by atoms with Crippen molar-refractivity contribution < 1.29 is 4.42 Å². The van der Waals surface area contributed by atoms with Crippen molar-refractivity contribution in [2.45, 2.75) is 5.41 Å². The quantitative estimate of drug-likeness (QED) is 0.159. The lowest BCUT2D eigenvalue weighted by molar-refractivity contribution is 0.673. The molecule has 0 aliphatic heterocycles. The normalized spacial score (nSPS) is 12.8. The van der Waals surface area contributed by atoms with Crippen molar-refractivity contribution in [3.8, 4) is 27.9 Å². The minimum atomic E-state index is -0.549. The third-order valence-electron chi connectivity index (χ3n) is 14.5. The Balaban J connectivity index is 0.982. The lowest BCUT2D eigenvalue weighted by Gasteiger charge is -2.35. The van der Waals surface area contributed by atoms with Gasteiger partial charge < -0.3 is 13.9 Å². The maximum atomic E-state index is 7.10. The van der Waals surface area contributed by atoms with E-state index in [-0.39, 0.29) is 0 Å². The molecular formula is C65H42N2O. The van der Waals surface area contributed by atoms with Gasteiger partial charge >= 0.3 is 0 Å². The second-order valence-corrected chi connectivity index (χ2v) is 18.0. The Morgan fingerprint density at radius 2 is 0.956 bits per heavy atom. The number of hydrogen-bond acceptors (Lipinski definition) is 2. The predicted molar refractivity (Wildman–Crippen MR) is 283 cm³/mol. The van der Waals surface area contributed by atoms with E-state index in [2.05, 4.69) is 264 Å². The minimum absolute atomic E-state index is 0.549. The predicted octanol–water partition coefficient (Wildman–Crippen LogP) is 17.3. The highest BCUT2D eigenvalue weighted by Gasteiger charge is 2.46. The molecule has 3 heteroatoms. The summed E-state index contributed by atoms with van der Waals surface area (Å²) < 4.78 is 9.47. The van der Waals surface area contributed by atoms with Crippen LogP contribution in [0.5, 0.6) is 0 Å². The van der Waals surface area contributed by atoms with E-state index in [1.807, 2.05) is 0 Å². The maximum absolute atomic E-state index is 7.10. The summed E-state index contributed by atoms with van der Waals surface area (Å²) in [6.07, 6.45) is 0. The van der Waals surface area contributed by atoms with Gasteiger partial charge in [-0.05, 0) is 117 Å². The van der Waals surface area contributed by atoms with E-state index < -0.39 is 5.41 Å². The number of anilines is 3. The van der Waals surface area contributed by atoms with Gasteiger partial charge in [0.05, 0.1) is 22.1 Å². The zero-order valence-electron chi connectivity index (χ0n) is 37.1. The average Bonchev–Trinajstić information content (AvgIpc) is 4.06. The molecule has 0 amide bonds. The lowest BCUT2D eigenvalue weighted by Crippen LogP contribution is -2.28. The molecule has 0 bridgehead atoms. The maximum Gasteiger partial charge on any atom is 0.159 e. The molecule has 14 rings (SSSR count). The number of aromatic nitrogens is 1. The molecular weight excluding hydrogens is 825 g/mol. The van der Waals surface area contributed by atoms with Gasteiger partial charge in [-0.1, -0.05) is 188 Å². The van der Waals surface area contributed by atoms with Crippen LogP contribution in [0.4, 0.5) is 17.1 Å². The van der Waals surface area contributed by atoms with E-state index in [0.29, 0.717) is 0 Å². The summed E-state index contributed by atoms with van der Waals surface area (Å²) in [7, 11) is 0. The molecule has 13 aromatic rings. The summed E-state index contributed by atoms with van der Waals surface area (Å²) in [6, 6.07) is 93.0. The lowest BCUT2D eigenvalue weighted by atomic mass is 9.67. The summed E-state index contributed by atoms with van der Waals surface area (Å²) in [5.41, 5.74) is 17.6. The SMILES string of the molecule is c1ccc(-n2c3ccccc3c3cc(-c4ccc(N(c5ccc6c(c5)C(c5ccccc5)(c5ccccc5)c5ccccc5-6)c5cccc6c5oc5c7ccccc7ccc65)cc4)ccc32)cc1. The Morgan fingerprint density at radius 3 is 1.75 bits per heavy atom. The first kappa shape index (κ1) is 38.4. The van der Waals surface area contributed by atoms with Crippen molar-refractivity contribution in [3.05, 3.63) is 277 Å². The number of rotatable bonds is 7. The fraction of sp³-hybridized carbons (Fsp3) is 0.0154. The second-order valence-electron chi connectivity index (χ2n) is 18.0. The number of nitrogens with zero attached hydrogens (tertiary/aromatic N) is 2. The van der Waals surface area contributed by atoms with Crippen molar-refractivity contribution in [2.24, 2.45) is 0 Å². The summed E-state index contributed by atoms with van der Waals surface area (Å²) >= 11 is 0. The molecule has 0 unspecified atom stereocenters. The van der Waals surface area contributed by atoms with Gasteiger partial charge in [-0.3, -0.25) is 0 Å². The Labute approximate surface area is 394 Å². The molecule has 0 fully saturated rings. The molecule has 0 N–H and O–H groups in total. The second kappa shape index (κ2) is 15.1. The Morgan fingerprint density at radius 1 is 0.353 bits per heavy atom. The van der Waals surface area contributed by atoms with Crippen LogP contribution >= 0.6 is 0 Å². The van der Waals surface area contributed by atoms with Crippen molar-refractivity contribution >= 4 is 71.6 Å². The number of benzene rings is 11. The minimum Gasteiger partial charge on any atom is -0.453 e. The van der Waals surface area contributed by atoms with Gasteiger partial charge in [0.2, 0.25) is 0 Å². The summed E-state index contributed by atoms with van der Waals surface area (Å²) in [5, 5.41) is 6.94. The number of para-hydroxylation sites is 3. The van der Waals surface area contributed by atoms with Crippen LogP contribution < -0.4 is 4.90 Å². The number of hydrogen-bond donors (Lipinski definition) is 0. The summed E-state index contributed by atoms with van der Waals surface area (Å²) in [6.45, 7) is 0. The van der Waals surface area contributed by atoms with Gasteiger partial charge in [-0.2, -0.15) is 0 Å². The number of fused-ring (bicyclic) bond motifs is 11. The summed E-state index contributed by atoms with van der Waals surface area (Å²) in [4.78, 5) is 2.40. The van der Waals surface area contributed by atoms with Crippen LogP contribution in [-0.2, 0) is 5.41 Å². The van der Waals surface area contributed by atoms with Crippen LogP contribution in [0, 0.1) is 0 Å². The standard InChI is InChI=1S/C65H42N2O/c1-4-18-46(19-5-1)65(47-20-6-2-7-21-47)58-28-14-12-25-52(58)53-39-37-50(42-59(53)65)66(62-30-16-27-55-56-38-33-44-17-10-11-24-51(44)63(56)68-64(55)62)49-35-31-43(32-36-49)45-34-40-61-57(41-45)54-26-13-15-29-60(54)67(61)48-22-8-3-9-23-48/h1-42H. The van der Waals surface area contributed by atoms with Gasteiger partial charge in [0.1, 0.15) is 5.58 Å². The van der Waals surface area contributed by atoms with E-state index in [9.17, 15) is 0 Å². The van der Waals surface area contributed by atoms with E-state index >= 15 is 0 Å². The van der Waals surface area contributed by atoms with Crippen molar-refractivity contribution in [3.63, 3.8) is 0 Å². The topological polar surface area (TPSA) is 21.3 Å². The van der Waals surface area contributed by atoms with Crippen LogP contribution in [0.3, 0.4) is 0 Å². The van der Waals surface area contributed by atoms with Gasteiger partial charge in [-0.15, -0.1) is 0 Å². The Hall–Kier alpha value is -8.92. The van der Waals surface area contributed by atoms with Crippen molar-refractivity contribution in [1.29, 1.82) is 0 Å². The first-order chi connectivity index (χ1) is 33.7. The molecule has 0 spiro atoms. The monoisotopic (exact) mass is 866 g/mol. The molecule has 318 valence electrons. The van der Waals surface area contributed by atoms with Crippen LogP contribution in [0.25, 0.3) is 82.5 Å². The average molecular weight is 867 g/mol. The molecule has 3 nitrogen and oxygen atoms in total. The Kier molecular flexibility index (Phi) is 8.50. The summed E-state index contributed by atoms with van der Waals surface area (Å²) in [5.74, 6) is 0. The molecule has 0 radical (unpaired) electrons. The van der Waals surface area contributed by atoms with Crippen LogP contribution in [-0.4, -0.2) is 4.57 Å². The zero-order chi connectivity index (χ0) is 44.8. The van der Waals surface area contributed by atoms with Gasteiger partial charge in [0.25, 0.3) is 0 Å². The first-order valence-electron chi connectivity index (χ1n) is 23.4. The molecule has 0 saturated heterocycles. The fourth-order valence-electron chi connectivity index (χ4n) is 11.5. The first-order valence-corrected chi connectivity index (χ1v) is 23.4.